The molecular weight excluding hydrogens is 295 g/mol. The van der Waals surface area contributed by atoms with Crippen molar-refractivity contribution < 1.29 is 13.2 Å². The van der Waals surface area contributed by atoms with Crippen molar-refractivity contribution in [3.8, 4) is 0 Å². The molecular formula is C16H24F3NS. The third kappa shape index (κ3) is 7.23. The van der Waals surface area contributed by atoms with E-state index in [1.54, 1.807) is 6.07 Å². The van der Waals surface area contributed by atoms with Crippen LogP contribution in [0.4, 0.5) is 13.2 Å². The lowest BCUT2D eigenvalue weighted by molar-refractivity contribution is -0.137. The van der Waals surface area contributed by atoms with E-state index in [1.807, 2.05) is 18.7 Å². The van der Waals surface area contributed by atoms with Crippen LogP contribution in [0.1, 0.15) is 38.8 Å². The van der Waals surface area contributed by atoms with Gasteiger partial charge >= 0.3 is 6.18 Å². The molecule has 0 saturated carbocycles. The predicted molar refractivity (Wildman–Crippen MR) is 84.8 cm³/mol. The molecule has 0 heterocycles. The largest absolute Gasteiger partial charge is 0.416 e. The lowest BCUT2D eigenvalue weighted by Gasteiger charge is -2.24. The molecule has 0 bridgehead atoms. The van der Waals surface area contributed by atoms with Gasteiger partial charge in [0, 0.05) is 16.5 Å². The van der Waals surface area contributed by atoms with Crippen LogP contribution in [-0.4, -0.2) is 23.1 Å². The van der Waals surface area contributed by atoms with Gasteiger partial charge in [-0.2, -0.15) is 24.9 Å². The summed E-state index contributed by atoms with van der Waals surface area (Å²) >= 11 is 1.83. The SMILES string of the molecule is CCNC(CSC(C)(C)C)Cc1cccc(C(F)(F)F)c1. The standard InChI is InChI=1S/C16H24F3NS/c1-5-20-14(11-21-15(2,3)4)10-12-7-6-8-13(9-12)16(17,18)19/h6-9,14,20H,5,10-11H2,1-4H3. The van der Waals surface area contributed by atoms with Gasteiger partial charge in [0.2, 0.25) is 0 Å². The summed E-state index contributed by atoms with van der Waals surface area (Å²) in [7, 11) is 0. The first kappa shape index (κ1) is 18.4. The minimum Gasteiger partial charge on any atom is -0.313 e. The Morgan fingerprint density at radius 3 is 2.38 bits per heavy atom. The van der Waals surface area contributed by atoms with E-state index < -0.39 is 11.7 Å². The van der Waals surface area contributed by atoms with Crippen molar-refractivity contribution in [1.29, 1.82) is 0 Å². The van der Waals surface area contributed by atoms with Gasteiger partial charge in [-0.05, 0) is 24.6 Å². The van der Waals surface area contributed by atoms with Crippen molar-refractivity contribution >= 4 is 11.8 Å². The quantitative estimate of drug-likeness (QED) is 0.811. The normalized spacial score (nSPS) is 14.2. The fourth-order valence-electron chi connectivity index (χ4n) is 1.99. The van der Waals surface area contributed by atoms with Gasteiger partial charge in [-0.3, -0.25) is 0 Å². The first-order valence-corrected chi connectivity index (χ1v) is 8.14. The van der Waals surface area contributed by atoms with Crippen molar-refractivity contribution in [3.05, 3.63) is 35.4 Å². The van der Waals surface area contributed by atoms with E-state index in [2.05, 4.69) is 26.1 Å². The van der Waals surface area contributed by atoms with E-state index in [1.165, 1.54) is 12.1 Å². The third-order valence-corrected chi connectivity index (χ3v) is 4.38. The Labute approximate surface area is 129 Å². The van der Waals surface area contributed by atoms with Crippen LogP contribution < -0.4 is 5.32 Å². The summed E-state index contributed by atoms with van der Waals surface area (Å²) in [6.07, 6.45) is -3.66. The van der Waals surface area contributed by atoms with Gasteiger partial charge in [-0.1, -0.05) is 45.9 Å². The minimum absolute atomic E-state index is 0.154. The van der Waals surface area contributed by atoms with E-state index in [4.69, 9.17) is 0 Å². The van der Waals surface area contributed by atoms with E-state index in [0.29, 0.717) is 6.42 Å². The molecule has 0 aliphatic rings. The fraction of sp³-hybridized carbons (Fsp3) is 0.625. The number of hydrogen-bond donors (Lipinski definition) is 1. The lowest BCUT2D eigenvalue weighted by Crippen LogP contribution is -2.34. The Morgan fingerprint density at radius 1 is 1.19 bits per heavy atom. The van der Waals surface area contributed by atoms with Crippen LogP contribution in [0.25, 0.3) is 0 Å². The Hall–Kier alpha value is -0.680. The summed E-state index contributed by atoms with van der Waals surface area (Å²) in [5.74, 6) is 0.883. The van der Waals surface area contributed by atoms with E-state index in [9.17, 15) is 13.2 Å². The van der Waals surface area contributed by atoms with Crippen LogP contribution in [0.2, 0.25) is 0 Å². The third-order valence-electron chi connectivity index (χ3n) is 2.95. The summed E-state index contributed by atoms with van der Waals surface area (Å²) in [4.78, 5) is 0. The monoisotopic (exact) mass is 319 g/mol. The van der Waals surface area contributed by atoms with Crippen molar-refractivity contribution in [1.82, 2.24) is 5.32 Å². The van der Waals surface area contributed by atoms with Crippen molar-refractivity contribution in [2.45, 2.75) is 51.1 Å². The molecule has 21 heavy (non-hydrogen) atoms. The Morgan fingerprint density at radius 2 is 1.86 bits per heavy atom. The first-order chi connectivity index (χ1) is 9.62. The summed E-state index contributed by atoms with van der Waals surface area (Å²) in [5.41, 5.74) is 0.156. The van der Waals surface area contributed by atoms with Crippen LogP contribution >= 0.6 is 11.8 Å². The van der Waals surface area contributed by atoms with Gasteiger partial charge < -0.3 is 5.32 Å². The second-order valence-corrected chi connectivity index (χ2v) is 7.93. The Bertz CT molecular complexity index is 438. The molecule has 0 saturated heterocycles. The molecule has 1 N–H and O–H groups in total. The number of halogens is 3. The van der Waals surface area contributed by atoms with Crippen molar-refractivity contribution in [3.63, 3.8) is 0 Å². The molecule has 1 aromatic rings. The summed E-state index contributed by atoms with van der Waals surface area (Å²) < 4.78 is 38.4. The molecule has 120 valence electrons. The highest BCUT2D eigenvalue weighted by molar-refractivity contribution is 8.00. The van der Waals surface area contributed by atoms with Crippen LogP contribution in [-0.2, 0) is 12.6 Å². The molecule has 0 aliphatic carbocycles. The topological polar surface area (TPSA) is 12.0 Å². The minimum atomic E-state index is -4.27. The molecule has 1 nitrogen and oxygen atoms in total. The molecule has 0 aliphatic heterocycles. The lowest BCUT2D eigenvalue weighted by atomic mass is 10.0. The fourth-order valence-corrected chi connectivity index (χ4v) is 2.93. The van der Waals surface area contributed by atoms with E-state index in [0.717, 1.165) is 23.9 Å². The van der Waals surface area contributed by atoms with Crippen LogP contribution in [0.3, 0.4) is 0 Å². The smallest absolute Gasteiger partial charge is 0.313 e. The number of thioether (sulfide) groups is 1. The highest BCUT2D eigenvalue weighted by atomic mass is 32.2. The van der Waals surface area contributed by atoms with Gasteiger partial charge in [-0.25, -0.2) is 0 Å². The average Bonchev–Trinajstić information content (AvgIpc) is 2.35. The number of alkyl halides is 3. The number of hydrogen-bond acceptors (Lipinski definition) is 2. The zero-order valence-corrected chi connectivity index (χ0v) is 13.9. The van der Waals surface area contributed by atoms with Crippen LogP contribution in [0, 0.1) is 0 Å². The molecule has 1 unspecified atom stereocenters. The number of benzene rings is 1. The van der Waals surface area contributed by atoms with Crippen LogP contribution in [0.15, 0.2) is 24.3 Å². The second-order valence-electron chi connectivity index (χ2n) is 6.08. The van der Waals surface area contributed by atoms with Crippen molar-refractivity contribution in [2.24, 2.45) is 0 Å². The maximum absolute atomic E-state index is 12.7. The maximum Gasteiger partial charge on any atom is 0.416 e. The van der Waals surface area contributed by atoms with E-state index in [-0.39, 0.29) is 10.8 Å². The summed E-state index contributed by atoms with van der Waals surface area (Å²) in [6.45, 7) is 9.26. The Kier molecular flexibility index (Phi) is 6.60. The molecule has 0 fully saturated rings. The first-order valence-electron chi connectivity index (χ1n) is 7.15. The molecule has 1 atom stereocenters. The zero-order valence-electron chi connectivity index (χ0n) is 13.1. The maximum atomic E-state index is 12.7. The van der Waals surface area contributed by atoms with Gasteiger partial charge in [-0.15, -0.1) is 0 Å². The van der Waals surface area contributed by atoms with Gasteiger partial charge in [0.15, 0.2) is 0 Å². The molecule has 0 spiro atoms. The van der Waals surface area contributed by atoms with Crippen LogP contribution in [0.5, 0.6) is 0 Å². The molecule has 0 amide bonds. The highest BCUT2D eigenvalue weighted by Crippen LogP contribution is 2.30. The van der Waals surface area contributed by atoms with Gasteiger partial charge in [0.1, 0.15) is 0 Å². The molecule has 1 rings (SSSR count). The molecule has 0 radical (unpaired) electrons. The number of nitrogens with one attached hydrogen (secondary N) is 1. The average molecular weight is 319 g/mol. The Balaban J connectivity index is 2.75. The van der Waals surface area contributed by atoms with E-state index >= 15 is 0 Å². The second kappa shape index (κ2) is 7.54. The number of likely N-dealkylation sites (N-methyl/N-ethyl adjacent to an activating group) is 1. The summed E-state index contributed by atoms with van der Waals surface area (Å²) in [5, 5.41) is 3.36. The predicted octanol–water partition coefficient (Wildman–Crippen LogP) is 4.76. The molecule has 5 heteroatoms. The summed E-state index contributed by atoms with van der Waals surface area (Å²) in [6, 6.07) is 5.81. The van der Waals surface area contributed by atoms with Gasteiger partial charge in [0.25, 0.3) is 0 Å². The molecule has 0 aromatic heterocycles. The molecule has 1 aromatic carbocycles. The number of rotatable bonds is 6. The van der Waals surface area contributed by atoms with Gasteiger partial charge in [0.05, 0.1) is 5.56 Å². The zero-order chi connectivity index (χ0) is 16.1. The highest BCUT2D eigenvalue weighted by Gasteiger charge is 2.30. The van der Waals surface area contributed by atoms with Crippen molar-refractivity contribution in [2.75, 3.05) is 12.3 Å².